The molecule has 34 heavy (non-hydrogen) atoms. The lowest BCUT2D eigenvalue weighted by Crippen LogP contribution is -2.38. The first-order valence-corrected chi connectivity index (χ1v) is 11.6. The zero-order chi connectivity index (χ0) is 23.2. The number of rotatable bonds is 5. The van der Waals surface area contributed by atoms with Crippen molar-refractivity contribution in [2.45, 2.75) is 18.8 Å². The average molecular weight is 447 g/mol. The first-order chi connectivity index (χ1) is 16.8. The van der Waals surface area contributed by atoms with Crippen molar-refractivity contribution in [3.63, 3.8) is 0 Å². The highest BCUT2D eigenvalue weighted by molar-refractivity contribution is 5.92. The summed E-state index contributed by atoms with van der Waals surface area (Å²) in [6.07, 6.45) is 10.9. The van der Waals surface area contributed by atoms with E-state index in [-0.39, 0.29) is 11.8 Å². The minimum atomic E-state index is 0.0400. The number of carbonyl (C=O) groups is 1. The van der Waals surface area contributed by atoms with Crippen LogP contribution in [0.1, 0.15) is 30.0 Å². The number of benzene rings is 2. The molecule has 1 fully saturated rings. The first kappa shape index (κ1) is 21.7. The topological polar surface area (TPSA) is 59.0 Å². The molecule has 0 unspecified atom stereocenters. The lowest BCUT2D eigenvalue weighted by Gasteiger charge is -2.32. The van der Waals surface area contributed by atoms with Gasteiger partial charge in [0.05, 0.1) is 5.69 Å². The maximum Gasteiger partial charge on any atom is 0.246 e. The summed E-state index contributed by atoms with van der Waals surface area (Å²) >= 11 is 0. The van der Waals surface area contributed by atoms with Crippen LogP contribution in [0.2, 0.25) is 0 Å². The normalized spacial score (nSPS) is 16.0. The molecule has 0 spiro atoms. The van der Waals surface area contributed by atoms with Crippen LogP contribution in [0.25, 0.3) is 28.6 Å². The lowest BCUT2D eigenvalue weighted by molar-refractivity contribution is -0.127. The number of aromatic nitrogens is 3. The van der Waals surface area contributed by atoms with Gasteiger partial charge in [-0.15, -0.1) is 0 Å². The van der Waals surface area contributed by atoms with Gasteiger partial charge in [-0.3, -0.25) is 9.78 Å². The number of hydrogen-bond donors (Lipinski definition) is 0. The molecule has 0 radical (unpaired) electrons. The van der Waals surface area contributed by atoms with Crippen LogP contribution >= 0.6 is 0 Å². The summed E-state index contributed by atoms with van der Waals surface area (Å²) in [5, 5.41) is 0. The van der Waals surface area contributed by atoms with Gasteiger partial charge in [-0.1, -0.05) is 60.7 Å². The Balaban J connectivity index is 1.45. The minimum absolute atomic E-state index is 0.0400. The molecule has 168 valence electrons. The molecule has 0 bridgehead atoms. The van der Waals surface area contributed by atoms with Gasteiger partial charge < -0.3 is 4.90 Å². The average Bonchev–Trinajstić information content (AvgIpc) is 2.93. The van der Waals surface area contributed by atoms with Crippen LogP contribution < -0.4 is 0 Å². The molecule has 2 aromatic carbocycles. The van der Waals surface area contributed by atoms with Gasteiger partial charge in [0.25, 0.3) is 0 Å². The summed E-state index contributed by atoms with van der Waals surface area (Å²) in [6, 6.07) is 24.0. The summed E-state index contributed by atoms with van der Waals surface area (Å²) in [6.45, 7) is 1.40. The van der Waals surface area contributed by atoms with E-state index in [2.05, 4.69) is 22.1 Å². The first-order valence-electron chi connectivity index (χ1n) is 11.6. The maximum atomic E-state index is 13.0. The summed E-state index contributed by atoms with van der Waals surface area (Å²) in [4.78, 5) is 28.7. The molecule has 1 aliphatic heterocycles. The Bertz CT molecular complexity index is 1270. The number of piperidine rings is 1. The van der Waals surface area contributed by atoms with E-state index >= 15 is 0 Å². The highest BCUT2D eigenvalue weighted by Crippen LogP contribution is 2.34. The second kappa shape index (κ2) is 10.2. The Labute approximate surface area is 199 Å². The Morgan fingerprint density at radius 2 is 1.65 bits per heavy atom. The van der Waals surface area contributed by atoms with E-state index in [1.54, 1.807) is 18.5 Å². The van der Waals surface area contributed by atoms with Crippen LogP contribution in [0.15, 0.2) is 97.5 Å². The van der Waals surface area contributed by atoms with Crippen LogP contribution in [0.5, 0.6) is 0 Å². The van der Waals surface area contributed by atoms with Gasteiger partial charge in [-0.25, -0.2) is 9.97 Å². The molecule has 0 aliphatic carbocycles. The maximum absolute atomic E-state index is 13.0. The van der Waals surface area contributed by atoms with Gasteiger partial charge in [-0.05, 0) is 42.2 Å². The van der Waals surface area contributed by atoms with Crippen molar-refractivity contribution in [2.75, 3.05) is 13.1 Å². The number of nitrogens with zero attached hydrogens (tertiary/aromatic N) is 4. The van der Waals surface area contributed by atoms with Crippen molar-refractivity contribution >= 4 is 12.0 Å². The molecule has 1 saturated heterocycles. The number of carbonyl (C=O) groups excluding carboxylic acids is 1. The molecule has 3 heterocycles. The molecule has 4 aromatic rings. The Morgan fingerprint density at radius 3 is 2.41 bits per heavy atom. The molecule has 0 saturated carbocycles. The Kier molecular flexibility index (Phi) is 6.52. The largest absolute Gasteiger partial charge is 0.338 e. The second-order valence-electron chi connectivity index (χ2n) is 8.46. The van der Waals surface area contributed by atoms with E-state index in [1.165, 1.54) is 0 Å². The fourth-order valence-corrected chi connectivity index (χ4v) is 4.42. The molecule has 5 heteroatoms. The van der Waals surface area contributed by atoms with Crippen LogP contribution in [0.3, 0.4) is 0 Å². The van der Waals surface area contributed by atoms with Gasteiger partial charge in [0.1, 0.15) is 0 Å². The SMILES string of the molecule is O=C(/C=C/c1ccccc1)N1CCC[C@@H](c2nc(-c3ccncc3)ncc2-c2ccccc2)C1. The molecule has 0 N–H and O–H groups in total. The van der Waals surface area contributed by atoms with E-state index in [4.69, 9.17) is 4.98 Å². The summed E-state index contributed by atoms with van der Waals surface area (Å²) in [7, 11) is 0. The van der Waals surface area contributed by atoms with Crippen molar-refractivity contribution in [3.8, 4) is 22.5 Å². The predicted molar refractivity (Wildman–Crippen MR) is 135 cm³/mol. The minimum Gasteiger partial charge on any atom is -0.338 e. The third kappa shape index (κ3) is 4.94. The van der Waals surface area contributed by atoms with E-state index in [0.717, 1.165) is 47.3 Å². The van der Waals surface area contributed by atoms with E-state index in [9.17, 15) is 4.79 Å². The van der Waals surface area contributed by atoms with E-state index < -0.39 is 0 Å². The standard InChI is InChI=1S/C29H26N4O/c34-27(14-13-22-8-3-1-4-9-22)33-19-7-12-25(21-33)28-26(23-10-5-2-6-11-23)20-31-29(32-28)24-15-17-30-18-16-24/h1-6,8-11,13-18,20,25H,7,12,19,21H2/b14-13+/t25-/m1/s1. The molecular formula is C29H26N4O. The Morgan fingerprint density at radius 1 is 0.912 bits per heavy atom. The fourth-order valence-electron chi connectivity index (χ4n) is 4.42. The van der Waals surface area contributed by atoms with Crippen molar-refractivity contribution in [1.82, 2.24) is 19.9 Å². The number of hydrogen-bond acceptors (Lipinski definition) is 4. The summed E-state index contributed by atoms with van der Waals surface area (Å²) in [5.74, 6) is 0.865. The molecule has 5 nitrogen and oxygen atoms in total. The third-order valence-electron chi connectivity index (χ3n) is 6.18. The van der Waals surface area contributed by atoms with Crippen molar-refractivity contribution in [3.05, 3.63) is 109 Å². The quantitative estimate of drug-likeness (QED) is 0.373. The predicted octanol–water partition coefficient (Wildman–Crippen LogP) is 5.63. The number of likely N-dealkylation sites (tertiary alicyclic amines) is 1. The van der Waals surface area contributed by atoms with Crippen LogP contribution in [-0.2, 0) is 4.79 Å². The zero-order valence-corrected chi connectivity index (χ0v) is 18.9. The molecule has 5 rings (SSSR count). The van der Waals surface area contributed by atoms with Crippen LogP contribution in [-0.4, -0.2) is 38.8 Å². The molecule has 2 aromatic heterocycles. The highest BCUT2D eigenvalue weighted by atomic mass is 16.2. The monoisotopic (exact) mass is 446 g/mol. The molecule has 1 aliphatic rings. The smallest absolute Gasteiger partial charge is 0.246 e. The van der Waals surface area contributed by atoms with Crippen molar-refractivity contribution in [1.29, 1.82) is 0 Å². The van der Waals surface area contributed by atoms with Gasteiger partial charge in [0.2, 0.25) is 5.91 Å². The third-order valence-corrected chi connectivity index (χ3v) is 6.18. The zero-order valence-electron chi connectivity index (χ0n) is 18.9. The summed E-state index contributed by atoms with van der Waals surface area (Å²) < 4.78 is 0. The lowest BCUT2D eigenvalue weighted by atomic mass is 9.89. The van der Waals surface area contributed by atoms with E-state index in [1.807, 2.05) is 77.8 Å². The van der Waals surface area contributed by atoms with Crippen LogP contribution in [0.4, 0.5) is 0 Å². The second-order valence-corrected chi connectivity index (χ2v) is 8.46. The molecular weight excluding hydrogens is 420 g/mol. The van der Waals surface area contributed by atoms with Crippen LogP contribution in [0, 0.1) is 0 Å². The van der Waals surface area contributed by atoms with Gasteiger partial charge >= 0.3 is 0 Å². The number of pyridine rings is 1. The molecule has 1 amide bonds. The van der Waals surface area contributed by atoms with Crippen molar-refractivity contribution in [2.24, 2.45) is 0 Å². The van der Waals surface area contributed by atoms with Gasteiger partial charge in [0.15, 0.2) is 5.82 Å². The van der Waals surface area contributed by atoms with E-state index in [0.29, 0.717) is 12.4 Å². The van der Waals surface area contributed by atoms with Gasteiger partial charge in [-0.2, -0.15) is 0 Å². The number of amides is 1. The van der Waals surface area contributed by atoms with Crippen molar-refractivity contribution < 1.29 is 4.79 Å². The highest BCUT2D eigenvalue weighted by Gasteiger charge is 2.27. The van der Waals surface area contributed by atoms with Gasteiger partial charge in [0, 0.05) is 54.8 Å². The summed E-state index contributed by atoms with van der Waals surface area (Å²) in [5.41, 5.74) is 5.07. The molecule has 1 atom stereocenters. The Hall–Kier alpha value is -4.12. The fraction of sp³-hybridized carbons (Fsp3) is 0.172.